The van der Waals surface area contributed by atoms with Crippen molar-refractivity contribution in [3.05, 3.63) is 120 Å². The van der Waals surface area contributed by atoms with E-state index in [1.54, 1.807) is 0 Å². The van der Waals surface area contributed by atoms with E-state index in [9.17, 15) is 0 Å². The molecule has 0 aromatic heterocycles. The quantitative estimate of drug-likeness (QED) is 0.445. The Morgan fingerprint density at radius 2 is 0.769 bits per heavy atom. The topological polar surface area (TPSA) is 0 Å². The monoisotopic (exact) mass is 418 g/mol. The van der Waals surface area contributed by atoms with Crippen molar-refractivity contribution in [2.24, 2.45) is 0 Å². The molecule has 0 heterocycles. The van der Waals surface area contributed by atoms with Gasteiger partial charge in [-0.25, -0.2) is 0 Å². The van der Waals surface area contributed by atoms with Crippen LogP contribution in [0.5, 0.6) is 0 Å². The van der Waals surface area contributed by atoms with Gasteiger partial charge in [0, 0.05) is 0 Å². The van der Waals surface area contributed by atoms with Crippen LogP contribution in [0.4, 0.5) is 0 Å². The summed E-state index contributed by atoms with van der Waals surface area (Å²) in [5.74, 6) is 0. The molecule has 0 saturated carbocycles. The Labute approximate surface area is 162 Å². The zero-order valence-electron chi connectivity index (χ0n) is 14.3. The van der Waals surface area contributed by atoms with E-state index in [1.165, 1.54) is 17.4 Å². The maximum absolute atomic E-state index is 6.81. The van der Waals surface area contributed by atoms with E-state index in [-0.39, 0.29) is 0 Å². The number of rotatable bonds is 4. The normalized spacial score (nSPS) is 11.9. The Morgan fingerprint density at radius 3 is 1.15 bits per heavy atom. The second kappa shape index (κ2) is 7.54. The van der Waals surface area contributed by atoms with Gasteiger partial charge in [0.25, 0.3) is 0 Å². The van der Waals surface area contributed by atoms with Crippen LogP contribution < -0.4 is 17.4 Å². The molecule has 0 radical (unpaired) electrons. The summed E-state index contributed by atoms with van der Waals surface area (Å²) in [6, 6.07) is 41.0. The zero-order chi connectivity index (χ0) is 17.8. The van der Waals surface area contributed by atoms with Gasteiger partial charge in [-0.1, -0.05) is 0 Å². The summed E-state index contributed by atoms with van der Waals surface area (Å²) in [7, 11) is 0. The molecule has 4 rings (SSSR count). The first-order valence-corrected chi connectivity index (χ1v) is 13.3. The van der Waals surface area contributed by atoms with Crippen molar-refractivity contribution < 1.29 is 0 Å². The van der Waals surface area contributed by atoms with Crippen LogP contribution >= 0.6 is 11.6 Å². The third kappa shape index (κ3) is 2.90. The van der Waals surface area contributed by atoms with Gasteiger partial charge in [0.2, 0.25) is 0 Å². The standard InChI is InChI=1S/C24H20AsCl/c26-24-19-11-10-18-23(24)25(20-12-4-1-5-13-20,21-14-6-2-7-15-21)22-16-8-3-9-17-22/h1-19,25H. The molecule has 0 spiro atoms. The third-order valence-electron chi connectivity index (χ3n) is 4.90. The molecule has 0 unspecified atom stereocenters. The van der Waals surface area contributed by atoms with Gasteiger partial charge in [-0.2, -0.15) is 0 Å². The molecule has 26 heavy (non-hydrogen) atoms. The van der Waals surface area contributed by atoms with E-state index >= 15 is 0 Å². The molecular weight excluding hydrogens is 399 g/mol. The summed E-state index contributed by atoms with van der Waals surface area (Å²) < 4.78 is 5.44. The van der Waals surface area contributed by atoms with E-state index in [2.05, 4.69) is 103 Å². The van der Waals surface area contributed by atoms with Crippen LogP contribution in [0.15, 0.2) is 115 Å². The predicted octanol–water partition coefficient (Wildman–Crippen LogP) is 3.45. The fourth-order valence-electron chi connectivity index (χ4n) is 3.80. The minimum atomic E-state index is -3.18. The summed E-state index contributed by atoms with van der Waals surface area (Å²) in [5, 5.41) is 0.851. The number of benzene rings is 4. The molecule has 0 N–H and O–H groups in total. The maximum atomic E-state index is 6.81. The third-order valence-corrected chi connectivity index (χ3v) is 15.7. The molecule has 0 aliphatic heterocycles. The van der Waals surface area contributed by atoms with Gasteiger partial charge in [-0.05, 0) is 0 Å². The Morgan fingerprint density at radius 1 is 0.423 bits per heavy atom. The van der Waals surface area contributed by atoms with Crippen LogP contribution in [0.2, 0.25) is 5.02 Å². The van der Waals surface area contributed by atoms with Gasteiger partial charge in [0.05, 0.1) is 0 Å². The summed E-state index contributed by atoms with van der Waals surface area (Å²) >= 11 is 3.63. The van der Waals surface area contributed by atoms with Gasteiger partial charge < -0.3 is 0 Å². The van der Waals surface area contributed by atoms with Gasteiger partial charge in [0.1, 0.15) is 0 Å². The molecule has 0 fully saturated rings. The average Bonchev–Trinajstić information content (AvgIpc) is 2.72. The summed E-state index contributed by atoms with van der Waals surface area (Å²) in [6.07, 6.45) is 0. The van der Waals surface area contributed by atoms with Crippen LogP contribution in [0.1, 0.15) is 0 Å². The molecule has 0 bridgehead atoms. The van der Waals surface area contributed by atoms with Gasteiger partial charge >= 0.3 is 163 Å². The molecule has 0 nitrogen and oxygen atoms in total. The van der Waals surface area contributed by atoms with Crippen molar-refractivity contribution in [1.29, 1.82) is 0 Å². The van der Waals surface area contributed by atoms with Crippen molar-refractivity contribution >= 4 is 42.6 Å². The van der Waals surface area contributed by atoms with Gasteiger partial charge in [-0.3, -0.25) is 0 Å². The Kier molecular flexibility index (Phi) is 4.97. The van der Waals surface area contributed by atoms with Crippen LogP contribution in [-0.2, 0) is 0 Å². The van der Waals surface area contributed by atoms with E-state index in [0.717, 1.165) is 5.02 Å². The molecular formula is C24H20AsCl. The van der Waals surface area contributed by atoms with Crippen molar-refractivity contribution in [2.45, 2.75) is 0 Å². The molecule has 0 aliphatic carbocycles. The van der Waals surface area contributed by atoms with Crippen LogP contribution in [0.3, 0.4) is 0 Å². The second-order valence-corrected chi connectivity index (χ2v) is 14.6. The van der Waals surface area contributed by atoms with Crippen LogP contribution in [-0.4, -0.2) is 13.6 Å². The molecule has 4 aromatic carbocycles. The second-order valence-electron chi connectivity index (χ2n) is 6.33. The zero-order valence-corrected chi connectivity index (χ0v) is 17.2. The first-order chi connectivity index (χ1) is 12.8. The average molecular weight is 419 g/mol. The molecule has 0 atom stereocenters. The Balaban J connectivity index is 2.17. The summed E-state index contributed by atoms with van der Waals surface area (Å²) in [5.41, 5.74) is 0. The minimum absolute atomic E-state index is 0.851. The molecule has 2 heteroatoms. The van der Waals surface area contributed by atoms with E-state index in [0.29, 0.717) is 0 Å². The number of hydrogen-bond donors (Lipinski definition) is 0. The predicted molar refractivity (Wildman–Crippen MR) is 116 cm³/mol. The Bertz CT molecular complexity index is 885. The van der Waals surface area contributed by atoms with Crippen LogP contribution in [0.25, 0.3) is 0 Å². The van der Waals surface area contributed by atoms with E-state index in [1.807, 2.05) is 12.1 Å². The Hall–Kier alpha value is -2.27. The summed E-state index contributed by atoms with van der Waals surface area (Å²) in [6.45, 7) is 0. The molecule has 0 amide bonds. The van der Waals surface area contributed by atoms with Crippen molar-refractivity contribution in [1.82, 2.24) is 0 Å². The molecule has 0 saturated heterocycles. The molecule has 4 aromatic rings. The SMILES string of the molecule is Clc1ccccc1[AsH](c1ccccc1)(c1ccccc1)c1ccccc1. The van der Waals surface area contributed by atoms with E-state index < -0.39 is 13.6 Å². The van der Waals surface area contributed by atoms with Crippen molar-refractivity contribution in [3.8, 4) is 0 Å². The molecule has 0 aliphatic rings. The van der Waals surface area contributed by atoms with Crippen LogP contribution in [0, 0.1) is 0 Å². The first kappa shape index (κ1) is 17.2. The van der Waals surface area contributed by atoms with Crippen molar-refractivity contribution in [2.75, 3.05) is 0 Å². The summed E-state index contributed by atoms with van der Waals surface area (Å²) in [4.78, 5) is 0. The fraction of sp³-hybridized carbons (Fsp3) is 0. The number of halogens is 1. The van der Waals surface area contributed by atoms with Gasteiger partial charge in [0.15, 0.2) is 0 Å². The van der Waals surface area contributed by atoms with E-state index in [4.69, 9.17) is 11.6 Å². The fourth-order valence-corrected chi connectivity index (χ4v) is 14.7. The van der Waals surface area contributed by atoms with Crippen molar-refractivity contribution in [3.63, 3.8) is 0 Å². The van der Waals surface area contributed by atoms with Gasteiger partial charge in [-0.15, -0.1) is 0 Å². The molecule has 128 valence electrons. The first-order valence-electron chi connectivity index (χ1n) is 8.75. The number of hydrogen-bond acceptors (Lipinski definition) is 0.